The number of nitrogens with zero attached hydrogens (tertiary/aromatic N) is 6. The number of anilines is 1. The topological polar surface area (TPSA) is 128 Å². The number of amides is 1. The molecule has 1 saturated heterocycles. The average Bonchev–Trinajstić information content (AvgIpc) is 3.22. The molecule has 1 aliphatic heterocycles. The molecule has 0 radical (unpaired) electrons. The maximum absolute atomic E-state index is 11.4. The molecule has 1 fully saturated rings. The fourth-order valence-electron chi connectivity index (χ4n) is 4.34. The number of para-hydroxylation sites is 1. The van der Waals surface area contributed by atoms with Gasteiger partial charge in [-0.15, -0.1) is 0 Å². The standard InChI is InChI=1S/C23H24N8O/c1-26-20-11-21(30-8-6-23(25,7-9-30)12-19(24)32)29-22-17(14-28-31(20)22)16-10-15-4-2-3-5-18(15)27-13-16/h2-5,10-11,13-14H,1,6-9,12,25H2,(H2,24,32). The van der Waals surface area contributed by atoms with Crippen molar-refractivity contribution in [3.05, 3.63) is 48.8 Å². The number of aliphatic imine (C=N–C) groups is 1. The Hall–Kier alpha value is -3.85. The normalized spacial score (nSPS) is 15.8. The SMILES string of the molecule is C=Nc1cc(N2CCC(N)(CC(N)=O)CC2)nc2c(-c3cnc4ccccc4c3)cnn12. The van der Waals surface area contributed by atoms with Gasteiger partial charge in [-0.1, -0.05) is 18.2 Å². The summed E-state index contributed by atoms with van der Waals surface area (Å²) < 4.78 is 1.69. The van der Waals surface area contributed by atoms with E-state index in [2.05, 4.69) is 32.8 Å². The van der Waals surface area contributed by atoms with Crippen LogP contribution in [-0.2, 0) is 4.79 Å². The second-order valence-electron chi connectivity index (χ2n) is 8.33. The summed E-state index contributed by atoms with van der Waals surface area (Å²) in [5.41, 5.74) is 14.6. The molecule has 5 rings (SSSR count). The van der Waals surface area contributed by atoms with E-state index in [9.17, 15) is 4.79 Å². The monoisotopic (exact) mass is 428 g/mol. The van der Waals surface area contributed by atoms with Crippen molar-refractivity contribution >= 4 is 40.8 Å². The van der Waals surface area contributed by atoms with Crippen molar-refractivity contribution in [3.8, 4) is 11.1 Å². The van der Waals surface area contributed by atoms with Crippen LogP contribution in [0.3, 0.4) is 0 Å². The Labute approximate surface area is 184 Å². The first-order chi connectivity index (χ1) is 15.5. The number of benzene rings is 1. The summed E-state index contributed by atoms with van der Waals surface area (Å²) in [6.07, 6.45) is 5.11. The Morgan fingerprint density at radius 1 is 1.19 bits per heavy atom. The highest BCUT2D eigenvalue weighted by molar-refractivity contribution is 5.87. The molecule has 0 bridgehead atoms. The highest BCUT2D eigenvalue weighted by Gasteiger charge is 2.33. The molecule has 0 saturated carbocycles. The number of rotatable bonds is 5. The third kappa shape index (κ3) is 3.56. The number of nitrogens with two attached hydrogens (primary N) is 2. The number of aromatic nitrogens is 4. The Kier molecular flexibility index (Phi) is 4.82. The maximum atomic E-state index is 11.4. The zero-order chi connectivity index (χ0) is 22.3. The molecule has 4 heterocycles. The Balaban J connectivity index is 1.53. The molecule has 32 heavy (non-hydrogen) atoms. The molecule has 1 aromatic carbocycles. The van der Waals surface area contributed by atoms with Gasteiger partial charge >= 0.3 is 0 Å². The third-order valence-electron chi connectivity index (χ3n) is 6.11. The molecular formula is C23H24N8O. The maximum Gasteiger partial charge on any atom is 0.219 e. The lowest BCUT2D eigenvalue weighted by atomic mass is 9.85. The molecule has 9 heteroatoms. The van der Waals surface area contributed by atoms with Crippen LogP contribution in [0.2, 0.25) is 0 Å². The summed E-state index contributed by atoms with van der Waals surface area (Å²) in [5, 5.41) is 5.54. The molecule has 4 aromatic rings. The molecule has 0 aliphatic carbocycles. The quantitative estimate of drug-likeness (QED) is 0.470. The fraction of sp³-hybridized carbons (Fsp3) is 0.261. The Morgan fingerprint density at radius 2 is 1.97 bits per heavy atom. The summed E-state index contributed by atoms with van der Waals surface area (Å²) in [7, 11) is 0. The molecule has 0 atom stereocenters. The molecule has 9 nitrogen and oxygen atoms in total. The smallest absolute Gasteiger partial charge is 0.219 e. The number of primary amides is 1. The lowest BCUT2D eigenvalue weighted by Crippen LogP contribution is -2.52. The fourth-order valence-corrected chi connectivity index (χ4v) is 4.34. The van der Waals surface area contributed by atoms with Crippen LogP contribution >= 0.6 is 0 Å². The van der Waals surface area contributed by atoms with E-state index in [1.54, 1.807) is 10.7 Å². The second kappa shape index (κ2) is 7.69. The number of hydrogen-bond donors (Lipinski definition) is 2. The molecule has 162 valence electrons. The van der Waals surface area contributed by atoms with Gasteiger partial charge in [-0.2, -0.15) is 9.61 Å². The summed E-state index contributed by atoms with van der Waals surface area (Å²) in [6.45, 7) is 5.05. The first-order valence-electron chi connectivity index (χ1n) is 10.5. The van der Waals surface area contributed by atoms with Gasteiger partial charge in [-0.25, -0.2) is 9.98 Å². The molecule has 1 amide bonds. The van der Waals surface area contributed by atoms with Crippen molar-refractivity contribution in [3.63, 3.8) is 0 Å². The lowest BCUT2D eigenvalue weighted by Gasteiger charge is -2.39. The molecule has 1 aliphatic rings. The van der Waals surface area contributed by atoms with Gasteiger partial charge in [0.25, 0.3) is 0 Å². The predicted octanol–water partition coefficient (Wildman–Crippen LogP) is 2.45. The molecule has 0 spiro atoms. The minimum absolute atomic E-state index is 0.189. The minimum atomic E-state index is -0.565. The Bertz CT molecular complexity index is 1340. The van der Waals surface area contributed by atoms with Gasteiger partial charge < -0.3 is 16.4 Å². The second-order valence-corrected chi connectivity index (χ2v) is 8.33. The van der Waals surface area contributed by atoms with Gasteiger partial charge in [0, 0.05) is 53.8 Å². The number of hydrogen-bond acceptors (Lipinski definition) is 7. The van der Waals surface area contributed by atoms with Gasteiger partial charge in [-0.05, 0) is 31.7 Å². The van der Waals surface area contributed by atoms with Crippen molar-refractivity contribution in [2.75, 3.05) is 18.0 Å². The van der Waals surface area contributed by atoms with E-state index in [1.807, 2.05) is 36.5 Å². The highest BCUT2D eigenvalue weighted by atomic mass is 16.1. The third-order valence-corrected chi connectivity index (χ3v) is 6.11. The van der Waals surface area contributed by atoms with E-state index in [0.717, 1.165) is 27.8 Å². The van der Waals surface area contributed by atoms with Crippen molar-refractivity contribution in [1.29, 1.82) is 0 Å². The van der Waals surface area contributed by atoms with Crippen LogP contribution in [0, 0.1) is 0 Å². The summed E-state index contributed by atoms with van der Waals surface area (Å²) in [5.74, 6) is 1.01. The highest BCUT2D eigenvalue weighted by Crippen LogP contribution is 2.32. The number of piperidine rings is 1. The van der Waals surface area contributed by atoms with Gasteiger partial charge in [-0.3, -0.25) is 9.78 Å². The van der Waals surface area contributed by atoms with Crippen LogP contribution in [0.1, 0.15) is 19.3 Å². The van der Waals surface area contributed by atoms with E-state index in [1.165, 1.54) is 0 Å². The van der Waals surface area contributed by atoms with Crippen LogP contribution in [0.5, 0.6) is 0 Å². The van der Waals surface area contributed by atoms with Gasteiger partial charge in [0.05, 0.1) is 11.7 Å². The van der Waals surface area contributed by atoms with Crippen LogP contribution in [0.4, 0.5) is 11.6 Å². The number of pyridine rings is 1. The van der Waals surface area contributed by atoms with Crippen molar-refractivity contribution in [1.82, 2.24) is 19.6 Å². The van der Waals surface area contributed by atoms with E-state index < -0.39 is 5.54 Å². The number of carbonyl (C=O) groups excluding carboxylic acids is 1. The summed E-state index contributed by atoms with van der Waals surface area (Å²) in [6, 6.07) is 11.9. The van der Waals surface area contributed by atoms with Crippen LogP contribution in [0.15, 0.2) is 53.8 Å². The zero-order valence-electron chi connectivity index (χ0n) is 17.6. The van der Waals surface area contributed by atoms with Crippen LogP contribution in [0.25, 0.3) is 27.7 Å². The molecule has 3 aromatic heterocycles. The molecule has 0 unspecified atom stereocenters. The number of fused-ring (bicyclic) bond motifs is 2. The first-order valence-corrected chi connectivity index (χ1v) is 10.5. The van der Waals surface area contributed by atoms with Crippen molar-refractivity contribution < 1.29 is 4.79 Å². The van der Waals surface area contributed by atoms with Gasteiger partial charge in [0.15, 0.2) is 11.5 Å². The van der Waals surface area contributed by atoms with Crippen LogP contribution < -0.4 is 16.4 Å². The van der Waals surface area contributed by atoms with E-state index in [0.29, 0.717) is 37.4 Å². The van der Waals surface area contributed by atoms with E-state index in [-0.39, 0.29) is 12.3 Å². The van der Waals surface area contributed by atoms with Gasteiger partial charge in [0.1, 0.15) is 5.82 Å². The summed E-state index contributed by atoms with van der Waals surface area (Å²) in [4.78, 5) is 27.2. The largest absolute Gasteiger partial charge is 0.370 e. The summed E-state index contributed by atoms with van der Waals surface area (Å²) >= 11 is 0. The van der Waals surface area contributed by atoms with Crippen molar-refractivity contribution in [2.45, 2.75) is 24.8 Å². The zero-order valence-corrected chi connectivity index (χ0v) is 17.6. The predicted molar refractivity (Wildman–Crippen MR) is 125 cm³/mol. The van der Waals surface area contributed by atoms with Crippen LogP contribution in [-0.4, -0.2) is 50.8 Å². The first kappa shape index (κ1) is 20.1. The lowest BCUT2D eigenvalue weighted by molar-refractivity contribution is -0.119. The van der Waals surface area contributed by atoms with Crippen molar-refractivity contribution in [2.24, 2.45) is 16.5 Å². The average molecular weight is 429 g/mol. The van der Waals surface area contributed by atoms with E-state index >= 15 is 0 Å². The van der Waals surface area contributed by atoms with E-state index in [4.69, 9.17) is 16.5 Å². The molecular weight excluding hydrogens is 404 g/mol. The molecule has 4 N–H and O–H groups in total. The minimum Gasteiger partial charge on any atom is -0.370 e. The number of carbonyl (C=O) groups is 1. The Morgan fingerprint density at radius 3 is 2.72 bits per heavy atom. The van der Waals surface area contributed by atoms with Gasteiger partial charge in [0.2, 0.25) is 5.91 Å².